The number of aromatic nitrogens is 3. The number of anilines is 1. The van der Waals surface area contributed by atoms with Crippen LogP contribution in [-0.4, -0.2) is 20.7 Å². The van der Waals surface area contributed by atoms with Crippen molar-refractivity contribution in [1.82, 2.24) is 14.8 Å². The predicted molar refractivity (Wildman–Crippen MR) is 104 cm³/mol. The number of nitriles is 1. The number of benzene rings is 2. The van der Waals surface area contributed by atoms with Crippen LogP contribution in [0.2, 0.25) is 0 Å². The van der Waals surface area contributed by atoms with Crippen LogP contribution in [0.15, 0.2) is 61.1 Å². The Morgan fingerprint density at radius 1 is 1.22 bits per heavy atom. The summed E-state index contributed by atoms with van der Waals surface area (Å²) in [6, 6.07) is 15.4. The molecule has 6 heteroatoms. The van der Waals surface area contributed by atoms with Gasteiger partial charge in [0.1, 0.15) is 0 Å². The fraction of sp³-hybridized carbons (Fsp3) is 0.0952. The summed E-state index contributed by atoms with van der Waals surface area (Å²) >= 11 is 0. The zero-order chi connectivity index (χ0) is 18.8. The summed E-state index contributed by atoms with van der Waals surface area (Å²) in [5, 5.41) is 17.2. The monoisotopic (exact) mass is 355 g/mol. The largest absolute Gasteiger partial charge is 0.359 e. The van der Waals surface area contributed by atoms with E-state index in [1.54, 1.807) is 23.0 Å². The molecule has 4 rings (SSSR count). The van der Waals surface area contributed by atoms with Crippen molar-refractivity contribution in [2.75, 3.05) is 5.32 Å². The molecule has 0 fully saturated rings. The van der Waals surface area contributed by atoms with Gasteiger partial charge in [0.15, 0.2) is 0 Å². The number of carbonyl (C=O) groups excluding carboxylic acids is 1. The Morgan fingerprint density at radius 2 is 2.04 bits per heavy atom. The standard InChI is InChI=1S/C21H17N5O/c1-2-21(27)25-20-12-23-19-8-5-15(9-18(19)20)16-11-24-26(13-16)17-6-3-14(10-22)4-7-17/h3-9,11-13,23H,2H2,1H3,(H,25,27). The highest BCUT2D eigenvalue weighted by Crippen LogP contribution is 2.29. The van der Waals surface area contributed by atoms with Crippen molar-refractivity contribution in [2.45, 2.75) is 13.3 Å². The number of nitrogens with one attached hydrogen (secondary N) is 2. The molecule has 0 spiro atoms. The van der Waals surface area contributed by atoms with Crippen molar-refractivity contribution < 1.29 is 4.79 Å². The molecular formula is C21H17N5O. The van der Waals surface area contributed by atoms with Crippen molar-refractivity contribution in [3.05, 3.63) is 66.6 Å². The Hall–Kier alpha value is -3.85. The molecule has 2 aromatic carbocycles. The molecule has 0 aliphatic rings. The third-order valence-corrected chi connectivity index (χ3v) is 4.45. The topological polar surface area (TPSA) is 86.5 Å². The van der Waals surface area contributed by atoms with E-state index in [-0.39, 0.29) is 5.91 Å². The van der Waals surface area contributed by atoms with Crippen molar-refractivity contribution in [2.24, 2.45) is 0 Å². The number of amides is 1. The van der Waals surface area contributed by atoms with Crippen LogP contribution < -0.4 is 5.32 Å². The number of hydrogen-bond donors (Lipinski definition) is 2. The van der Waals surface area contributed by atoms with Gasteiger partial charge in [0.05, 0.1) is 29.2 Å². The molecule has 0 unspecified atom stereocenters. The molecule has 0 saturated carbocycles. The summed E-state index contributed by atoms with van der Waals surface area (Å²) in [4.78, 5) is 14.9. The minimum Gasteiger partial charge on any atom is -0.359 e. The van der Waals surface area contributed by atoms with E-state index < -0.39 is 0 Å². The average molecular weight is 355 g/mol. The van der Waals surface area contributed by atoms with Crippen molar-refractivity contribution in [3.8, 4) is 22.9 Å². The van der Waals surface area contributed by atoms with E-state index in [4.69, 9.17) is 5.26 Å². The van der Waals surface area contributed by atoms with Crippen molar-refractivity contribution in [3.63, 3.8) is 0 Å². The third-order valence-electron chi connectivity index (χ3n) is 4.45. The summed E-state index contributed by atoms with van der Waals surface area (Å²) in [5.41, 5.74) is 5.22. The number of H-pyrrole nitrogens is 1. The Kier molecular flexibility index (Phi) is 4.19. The Bertz CT molecular complexity index is 1160. The molecule has 0 atom stereocenters. The lowest BCUT2D eigenvalue weighted by Crippen LogP contribution is -2.08. The fourth-order valence-electron chi connectivity index (χ4n) is 2.94. The molecule has 0 aliphatic heterocycles. The molecule has 4 aromatic rings. The first kappa shape index (κ1) is 16.6. The maximum Gasteiger partial charge on any atom is 0.224 e. The molecule has 132 valence electrons. The van der Waals surface area contributed by atoms with Crippen LogP contribution >= 0.6 is 0 Å². The number of carbonyl (C=O) groups is 1. The molecule has 2 aromatic heterocycles. The highest BCUT2D eigenvalue weighted by Gasteiger charge is 2.09. The molecule has 6 nitrogen and oxygen atoms in total. The first-order chi connectivity index (χ1) is 13.2. The van der Waals surface area contributed by atoms with Gasteiger partial charge in [-0.25, -0.2) is 4.68 Å². The van der Waals surface area contributed by atoms with Gasteiger partial charge < -0.3 is 10.3 Å². The van der Waals surface area contributed by atoms with Crippen molar-refractivity contribution in [1.29, 1.82) is 5.26 Å². The number of nitrogens with zero attached hydrogens (tertiary/aromatic N) is 3. The van der Waals surface area contributed by atoms with E-state index >= 15 is 0 Å². The van der Waals surface area contributed by atoms with Crippen LogP contribution in [0.1, 0.15) is 18.9 Å². The molecule has 1 amide bonds. The maximum absolute atomic E-state index is 11.7. The zero-order valence-electron chi connectivity index (χ0n) is 14.7. The van der Waals surface area contributed by atoms with Crippen LogP contribution in [-0.2, 0) is 4.79 Å². The molecular weight excluding hydrogens is 338 g/mol. The summed E-state index contributed by atoms with van der Waals surface area (Å²) < 4.78 is 1.78. The molecule has 0 bridgehead atoms. The highest BCUT2D eigenvalue weighted by atomic mass is 16.1. The maximum atomic E-state index is 11.7. The summed E-state index contributed by atoms with van der Waals surface area (Å²) in [5.74, 6) is -0.0186. The molecule has 0 radical (unpaired) electrons. The van der Waals surface area contributed by atoms with Crippen LogP contribution in [0.25, 0.3) is 27.7 Å². The summed E-state index contributed by atoms with van der Waals surface area (Å²) in [6.45, 7) is 1.83. The highest BCUT2D eigenvalue weighted by molar-refractivity contribution is 6.02. The Labute approximate surface area is 156 Å². The quantitative estimate of drug-likeness (QED) is 0.574. The van der Waals surface area contributed by atoms with E-state index in [1.807, 2.05) is 49.6 Å². The first-order valence-corrected chi connectivity index (χ1v) is 8.64. The second kappa shape index (κ2) is 6.81. The second-order valence-electron chi connectivity index (χ2n) is 6.20. The second-order valence-corrected chi connectivity index (χ2v) is 6.20. The normalized spacial score (nSPS) is 10.7. The smallest absolute Gasteiger partial charge is 0.224 e. The zero-order valence-corrected chi connectivity index (χ0v) is 14.7. The van der Waals surface area contributed by atoms with Gasteiger partial charge in [-0.3, -0.25) is 4.79 Å². The molecule has 2 N–H and O–H groups in total. The number of rotatable bonds is 4. The van der Waals surface area contributed by atoms with Gasteiger partial charge in [-0.1, -0.05) is 13.0 Å². The molecule has 2 heterocycles. The van der Waals surface area contributed by atoms with Crippen LogP contribution in [0.4, 0.5) is 5.69 Å². The minimum atomic E-state index is -0.0186. The Balaban J connectivity index is 1.68. The lowest BCUT2D eigenvalue weighted by molar-refractivity contribution is -0.115. The first-order valence-electron chi connectivity index (χ1n) is 8.64. The van der Waals surface area contributed by atoms with Crippen LogP contribution in [0.3, 0.4) is 0 Å². The van der Waals surface area contributed by atoms with E-state index in [0.717, 1.165) is 33.4 Å². The molecule has 0 aliphatic carbocycles. The van der Waals surface area contributed by atoms with Crippen molar-refractivity contribution >= 4 is 22.5 Å². The average Bonchev–Trinajstić information content (AvgIpc) is 3.35. The van der Waals surface area contributed by atoms with E-state index in [2.05, 4.69) is 21.5 Å². The number of aromatic amines is 1. The summed E-state index contributed by atoms with van der Waals surface area (Å²) in [7, 11) is 0. The van der Waals surface area contributed by atoms with Gasteiger partial charge in [0, 0.05) is 35.3 Å². The minimum absolute atomic E-state index is 0.0186. The number of fused-ring (bicyclic) bond motifs is 1. The van der Waals surface area contributed by atoms with Gasteiger partial charge in [0.2, 0.25) is 5.91 Å². The lowest BCUT2D eigenvalue weighted by Gasteiger charge is -2.03. The van der Waals surface area contributed by atoms with Crippen LogP contribution in [0.5, 0.6) is 0 Å². The number of hydrogen-bond acceptors (Lipinski definition) is 3. The van der Waals surface area contributed by atoms with Gasteiger partial charge in [0.25, 0.3) is 0 Å². The predicted octanol–water partition coefficient (Wildman–Crippen LogP) is 4.24. The van der Waals surface area contributed by atoms with E-state index in [0.29, 0.717) is 12.0 Å². The third kappa shape index (κ3) is 3.18. The van der Waals surface area contributed by atoms with Gasteiger partial charge >= 0.3 is 0 Å². The Morgan fingerprint density at radius 3 is 2.78 bits per heavy atom. The van der Waals surface area contributed by atoms with Gasteiger partial charge in [-0.05, 0) is 42.0 Å². The summed E-state index contributed by atoms with van der Waals surface area (Å²) in [6.07, 6.45) is 5.99. The van der Waals surface area contributed by atoms with Gasteiger partial charge in [-0.2, -0.15) is 10.4 Å². The molecule has 27 heavy (non-hydrogen) atoms. The van der Waals surface area contributed by atoms with Crippen LogP contribution in [0, 0.1) is 11.3 Å². The lowest BCUT2D eigenvalue weighted by atomic mass is 10.1. The molecule has 0 saturated heterocycles. The fourth-order valence-corrected chi connectivity index (χ4v) is 2.94. The SMILES string of the molecule is CCC(=O)Nc1c[nH]c2ccc(-c3cnn(-c4ccc(C#N)cc4)c3)cc12. The van der Waals surface area contributed by atoms with E-state index in [1.165, 1.54) is 0 Å². The van der Waals surface area contributed by atoms with Gasteiger partial charge in [-0.15, -0.1) is 0 Å². The van der Waals surface area contributed by atoms with E-state index in [9.17, 15) is 4.79 Å².